The minimum atomic E-state index is -0.562. The third-order valence-electron chi connectivity index (χ3n) is 2.90. The molecule has 0 aromatic heterocycles. The van der Waals surface area contributed by atoms with Gasteiger partial charge in [0.05, 0.1) is 5.92 Å². The Morgan fingerprint density at radius 3 is 1.89 bits per heavy atom. The largest absolute Gasteiger partial charge is 0.281 e. The molecule has 0 saturated heterocycles. The molecule has 0 aliphatic rings. The van der Waals surface area contributed by atoms with E-state index in [1.807, 2.05) is 0 Å². The molecular weight excluding hydrogens is 270 g/mol. The Bertz CT molecular complexity index is 564. The van der Waals surface area contributed by atoms with Crippen molar-refractivity contribution in [1.82, 2.24) is 0 Å². The number of hydrogen-bond donors (Lipinski definition) is 0. The van der Waals surface area contributed by atoms with Crippen molar-refractivity contribution >= 4 is 16.8 Å². The van der Waals surface area contributed by atoms with Crippen LogP contribution in [0.2, 0.25) is 0 Å². The lowest BCUT2D eigenvalue weighted by molar-refractivity contribution is -0.113. The molecular formula is C15H11ClF2O. The van der Waals surface area contributed by atoms with Crippen LogP contribution in [-0.2, 0) is 11.2 Å². The number of hydrogen-bond acceptors (Lipinski definition) is 1. The fourth-order valence-corrected chi connectivity index (χ4v) is 2.08. The summed E-state index contributed by atoms with van der Waals surface area (Å²) in [6.45, 7) is 0. The number of carbonyl (C=O) groups excluding carboxylic acids is 1. The molecule has 1 nitrogen and oxygen atoms in total. The predicted molar refractivity (Wildman–Crippen MR) is 70.1 cm³/mol. The van der Waals surface area contributed by atoms with Crippen LogP contribution in [0.25, 0.3) is 0 Å². The Kier molecular flexibility index (Phi) is 4.27. The van der Waals surface area contributed by atoms with Crippen molar-refractivity contribution in [2.45, 2.75) is 12.3 Å². The average molecular weight is 281 g/mol. The van der Waals surface area contributed by atoms with Crippen LogP contribution < -0.4 is 0 Å². The maximum atomic E-state index is 12.9. The van der Waals surface area contributed by atoms with Crippen LogP contribution in [0.15, 0.2) is 48.5 Å². The second-order valence-electron chi connectivity index (χ2n) is 4.24. The van der Waals surface area contributed by atoms with Gasteiger partial charge < -0.3 is 0 Å². The van der Waals surface area contributed by atoms with Crippen molar-refractivity contribution < 1.29 is 13.6 Å². The van der Waals surface area contributed by atoms with E-state index in [4.69, 9.17) is 11.6 Å². The standard InChI is InChI=1S/C15H11ClF2O/c16-15(19)14(11-3-7-13(18)8-4-11)9-10-1-5-12(17)6-2-10/h1-8,14H,9H2/t14-/m0/s1. The fourth-order valence-electron chi connectivity index (χ4n) is 1.88. The third-order valence-corrected chi connectivity index (χ3v) is 3.16. The van der Waals surface area contributed by atoms with E-state index in [1.54, 1.807) is 12.1 Å². The maximum absolute atomic E-state index is 12.9. The zero-order valence-electron chi connectivity index (χ0n) is 9.95. The normalized spacial score (nSPS) is 12.2. The van der Waals surface area contributed by atoms with Gasteiger partial charge in [-0.15, -0.1) is 0 Å². The number of carbonyl (C=O) groups is 1. The molecule has 0 aliphatic carbocycles. The van der Waals surface area contributed by atoms with Gasteiger partial charge in [0, 0.05) is 0 Å². The summed E-state index contributed by atoms with van der Waals surface area (Å²) < 4.78 is 25.7. The first kappa shape index (κ1) is 13.7. The molecule has 98 valence electrons. The number of halogens is 3. The summed E-state index contributed by atoms with van der Waals surface area (Å²) in [7, 11) is 0. The molecule has 0 spiro atoms. The van der Waals surface area contributed by atoms with Crippen LogP contribution in [0.3, 0.4) is 0 Å². The minimum absolute atomic E-state index is 0.334. The molecule has 0 amide bonds. The molecule has 0 heterocycles. The maximum Gasteiger partial charge on any atom is 0.229 e. The molecule has 19 heavy (non-hydrogen) atoms. The van der Waals surface area contributed by atoms with E-state index in [9.17, 15) is 13.6 Å². The molecule has 2 aromatic carbocycles. The minimum Gasteiger partial charge on any atom is -0.281 e. The van der Waals surface area contributed by atoms with Gasteiger partial charge in [-0.1, -0.05) is 24.3 Å². The molecule has 0 aliphatic heterocycles. The number of benzene rings is 2. The van der Waals surface area contributed by atoms with E-state index >= 15 is 0 Å². The molecule has 0 saturated carbocycles. The van der Waals surface area contributed by atoms with E-state index in [2.05, 4.69) is 0 Å². The molecule has 0 radical (unpaired) electrons. The SMILES string of the molecule is O=C(Cl)[C@@H](Cc1ccc(F)cc1)c1ccc(F)cc1. The van der Waals surface area contributed by atoms with Gasteiger partial charge in [-0.25, -0.2) is 8.78 Å². The van der Waals surface area contributed by atoms with Crippen molar-refractivity contribution in [3.05, 3.63) is 71.3 Å². The first-order valence-corrected chi connectivity index (χ1v) is 6.13. The summed E-state index contributed by atoms with van der Waals surface area (Å²) in [6, 6.07) is 11.5. The highest BCUT2D eigenvalue weighted by Crippen LogP contribution is 2.24. The van der Waals surface area contributed by atoms with E-state index in [-0.39, 0.29) is 11.6 Å². The second kappa shape index (κ2) is 5.93. The van der Waals surface area contributed by atoms with Crippen LogP contribution in [0.5, 0.6) is 0 Å². The highest BCUT2D eigenvalue weighted by Gasteiger charge is 2.19. The zero-order valence-corrected chi connectivity index (χ0v) is 10.7. The smallest absolute Gasteiger partial charge is 0.229 e. The van der Waals surface area contributed by atoms with Crippen LogP contribution in [-0.4, -0.2) is 5.24 Å². The molecule has 1 atom stereocenters. The fraction of sp³-hybridized carbons (Fsp3) is 0.133. The van der Waals surface area contributed by atoms with Gasteiger partial charge in [-0.2, -0.15) is 0 Å². The Hall–Kier alpha value is -1.74. The predicted octanol–water partition coefficient (Wildman–Crippen LogP) is 4.06. The monoisotopic (exact) mass is 280 g/mol. The third kappa shape index (κ3) is 3.61. The van der Waals surface area contributed by atoms with E-state index < -0.39 is 11.2 Å². The Morgan fingerprint density at radius 2 is 1.42 bits per heavy atom. The van der Waals surface area contributed by atoms with Crippen molar-refractivity contribution in [2.24, 2.45) is 0 Å². The van der Waals surface area contributed by atoms with Crippen molar-refractivity contribution in [1.29, 1.82) is 0 Å². The highest BCUT2D eigenvalue weighted by molar-refractivity contribution is 6.64. The van der Waals surface area contributed by atoms with Gasteiger partial charge in [-0.05, 0) is 53.4 Å². The molecule has 4 heteroatoms. The van der Waals surface area contributed by atoms with Crippen molar-refractivity contribution in [3.8, 4) is 0 Å². The van der Waals surface area contributed by atoms with Gasteiger partial charge in [0.15, 0.2) is 0 Å². The van der Waals surface area contributed by atoms with Gasteiger partial charge in [0.2, 0.25) is 5.24 Å². The highest BCUT2D eigenvalue weighted by atomic mass is 35.5. The lowest BCUT2D eigenvalue weighted by Crippen LogP contribution is -2.10. The zero-order chi connectivity index (χ0) is 13.8. The second-order valence-corrected chi connectivity index (χ2v) is 4.61. The molecule has 0 unspecified atom stereocenters. The first-order valence-electron chi connectivity index (χ1n) is 5.75. The Balaban J connectivity index is 2.23. The Morgan fingerprint density at radius 1 is 0.947 bits per heavy atom. The van der Waals surface area contributed by atoms with Gasteiger partial charge >= 0.3 is 0 Å². The van der Waals surface area contributed by atoms with Crippen molar-refractivity contribution in [3.63, 3.8) is 0 Å². The summed E-state index contributed by atoms with van der Waals surface area (Å²) in [4.78, 5) is 11.5. The topological polar surface area (TPSA) is 17.1 Å². The Labute approximate surface area is 114 Å². The summed E-state index contributed by atoms with van der Waals surface area (Å²) in [5.41, 5.74) is 1.44. The summed E-state index contributed by atoms with van der Waals surface area (Å²) in [6.07, 6.45) is 0.355. The lowest BCUT2D eigenvalue weighted by Gasteiger charge is -2.13. The molecule has 0 N–H and O–H groups in total. The summed E-state index contributed by atoms with van der Waals surface area (Å²) in [5.74, 6) is -1.27. The van der Waals surface area contributed by atoms with Crippen molar-refractivity contribution in [2.75, 3.05) is 0 Å². The quantitative estimate of drug-likeness (QED) is 0.772. The van der Waals surface area contributed by atoms with Crippen LogP contribution in [0, 0.1) is 11.6 Å². The van der Waals surface area contributed by atoms with E-state index in [0.29, 0.717) is 12.0 Å². The van der Waals surface area contributed by atoms with Crippen LogP contribution >= 0.6 is 11.6 Å². The van der Waals surface area contributed by atoms with E-state index in [1.165, 1.54) is 36.4 Å². The van der Waals surface area contributed by atoms with E-state index in [0.717, 1.165) is 5.56 Å². The van der Waals surface area contributed by atoms with Crippen LogP contribution in [0.1, 0.15) is 17.0 Å². The molecule has 2 rings (SSSR count). The number of rotatable bonds is 4. The van der Waals surface area contributed by atoms with Gasteiger partial charge in [0.25, 0.3) is 0 Å². The van der Waals surface area contributed by atoms with Gasteiger partial charge in [-0.3, -0.25) is 4.79 Å². The lowest BCUT2D eigenvalue weighted by atomic mass is 9.93. The molecule has 0 bridgehead atoms. The summed E-state index contributed by atoms with van der Waals surface area (Å²) >= 11 is 5.59. The average Bonchev–Trinajstić information content (AvgIpc) is 2.39. The molecule has 0 fully saturated rings. The summed E-state index contributed by atoms with van der Waals surface area (Å²) in [5, 5.41) is -0.518. The molecule has 2 aromatic rings. The van der Waals surface area contributed by atoms with Gasteiger partial charge in [0.1, 0.15) is 11.6 Å². The van der Waals surface area contributed by atoms with Crippen LogP contribution in [0.4, 0.5) is 8.78 Å². The first-order chi connectivity index (χ1) is 9.06.